The van der Waals surface area contributed by atoms with Crippen molar-refractivity contribution in [3.8, 4) is 0 Å². The normalized spacial score (nSPS) is 11.6. The Bertz CT molecular complexity index is 890. The number of nitrogens with zero attached hydrogens (tertiary/aromatic N) is 2. The highest BCUT2D eigenvalue weighted by Gasteiger charge is 2.09. The standard InChI is InChI=1S/C17H14ClN3O2S/c18-12-7-5-11(6-8-12)14(9-10-16(22)23)19-20-17-13-3-1-2-4-15(13)24-21-17/h1-8H,9-10H2,(H,20,21)(H,22,23)/b19-14+. The quantitative estimate of drug-likeness (QED) is 0.497. The fraction of sp³-hybridized carbons (Fsp3) is 0.118. The molecule has 0 saturated heterocycles. The zero-order valence-corrected chi connectivity index (χ0v) is 14.1. The van der Waals surface area contributed by atoms with Gasteiger partial charge in [0, 0.05) is 16.8 Å². The van der Waals surface area contributed by atoms with Crippen LogP contribution in [-0.2, 0) is 4.79 Å². The minimum absolute atomic E-state index is 0.000945. The van der Waals surface area contributed by atoms with Crippen LogP contribution >= 0.6 is 23.1 Å². The molecule has 0 unspecified atom stereocenters. The number of carboxylic acids is 1. The minimum atomic E-state index is -0.865. The van der Waals surface area contributed by atoms with Gasteiger partial charge in [-0.15, -0.1) is 0 Å². The topological polar surface area (TPSA) is 74.6 Å². The van der Waals surface area contributed by atoms with E-state index in [0.717, 1.165) is 15.6 Å². The molecule has 0 aliphatic rings. The van der Waals surface area contributed by atoms with Crippen LogP contribution in [0, 0.1) is 0 Å². The first-order chi connectivity index (χ1) is 11.6. The first kappa shape index (κ1) is 16.4. The molecular weight excluding hydrogens is 346 g/mol. The molecule has 0 atom stereocenters. The Morgan fingerprint density at radius 3 is 2.67 bits per heavy atom. The predicted octanol–water partition coefficient (Wildman–Crippen LogP) is 4.63. The van der Waals surface area contributed by atoms with Crippen LogP contribution in [0.4, 0.5) is 5.82 Å². The van der Waals surface area contributed by atoms with Crippen molar-refractivity contribution < 1.29 is 9.90 Å². The molecule has 1 heterocycles. The Kier molecular flexibility index (Phi) is 5.08. The number of carbonyl (C=O) groups is 1. The summed E-state index contributed by atoms with van der Waals surface area (Å²) in [6, 6.07) is 15.0. The van der Waals surface area contributed by atoms with E-state index in [1.807, 2.05) is 36.4 Å². The Balaban J connectivity index is 1.87. The number of hydrazone groups is 1. The van der Waals surface area contributed by atoms with Crippen molar-refractivity contribution in [2.45, 2.75) is 12.8 Å². The van der Waals surface area contributed by atoms with Gasteiger partial charge in [-0.1, -0.05) is 35.9 Å². The van der Waals surface area contributed by atoms with Crippen molar-refractivity contribution in [3.63, 3.8) is 0 Å². The van der Waals surface area contributed by atoms with Gasteiger partial charge in [0.25, 0.3) is 0 Å². The smallest absolute Gasteiger partial charge is 0.303 e. The Morgan fingerprint density at radius 2 is 1.92 bits per heavy atom. The maximum Gasteiger partial charge on any atom is 0.303 e. The molecule has 1 aromatic heterocycles. The molecule has 3 aromatic rings. The Morgan fingerprint density at radius 1 is 1.17 bits per heavy atom. The molecule has 0 spiro atoms. The lowest BCUT2D eigenvalue weighted by Crippen LogP contribution is -2.08. The largest absolute Gasteiger partial charge is 0.481 e. The van der Waals surface area contributed by atoms with Crippen molar-refractivity contribution in [1.29, 1.82) is 0 Å². The zero-order valence-electron chi connectivity index (χ0n) is 12.6. The van der Waals surface area contributed by atoms with Crippen LogP contribution in [0.15, 0.2) is 53.6 Å². The SMILES string of the molecule is O=C(O)CC/C(=N\Nc1nsc2ccccc12)c1ccc(Cl)cc1. The molecule has 5 nitrogen and oxygen atoms in total. The number of carboxylic acid groups (broad SMARTS) is 1. The Hall–Kier alpha value is -2.44. The average molecular weight is 360 g/mol. The lowest BCUT2D eigenvalue weighted by molar-refractivity contribution is -0.136. The molecule has 0 aliphatic carbocycles. The molecule has 2 aromatic carbocycles. The lowest BCUT2D eigenvalue weighted by atomic mass is 10.1. The Labute approximate surface area is 147 Å². The molecule has 0 amide bonds. The number of anilines is 1. The second-order valence-electron chi connectivity index (χ2n) is 5.10. The maximum atomic E-state index is 10.9. The summed E-state index contributed by atoms with van der Waals surface area (Å²) in [5.74, 6) is -0.201. The number of benzene rings is 2. The van der Waals surface area contributed by atoms with Crippen LogP contribution in [0.3, 0.4) is 0 Å². The molecule has 7 heteroatoms. The van der Waals surface area contributed by atoms with Crippen LogP contribution < -0.4 is 5.43 Å². The molecule has 122 valence electrons. The highest BCUT2D eigenvalue weighted by molar-refractivity contribution is 7.13. The summed E-state index contributed by atoms with van der Waals surface area (Å²) in [5, 5.41) is 14.9. The number of hydrogen-bond donors (Lipinski definition) is 2. The van der Waals surface area contributed by atoms with Gasteiger partial charge in [-0.25, -0.2) is 0 Å². The van der Waals surface area contributed by atoms with E-state index in [2.05, 4.69) is 14.9 Å². The summed E-state index contributed by atoms with van der Waals surface area (Å²) in [6.07, 6.45) is 0.312. The third kappa shape index (κ3) is 3.90. The van der Waals surface area contributed by atoms with Crippen molar-refractivity contribution in [2.24, 2.45) is 5.10 Å². The summed E-state index contributed by atoms with van der Waals surface area (Å²) >= 11 is 7.30. The number of fused-ring (bicyclic) bond motifs is 1. The zero-order chi connectivity index (χ0) is 16.9. The van der Waals surface area contributed by atoms with Gasteiger partial charge in [0.15, 0.2) is 5.82 Å². The third-order valence-corrected chi connectivity index (χ3v) is 4.51. The van der Waals surface area contributed by atoms with E-state index in [4.69, 9.17) is 16.7 Å². The van der Waals surface area contributed by atoms with Gasteiger partial charge in [0.1, 0.15) is 0 Å². The van der Waals surface area contributed by atoms with Crippen molar-refractivity contribution in [1.82, 2.24) is 4.37 Å². The number of rotatable bonds is 6. The number of aliphatic carboxylic acids is 1. The molecule has 24 heavy (non-hydrogen) atoms. The fourth-order valence-electron chi connectivity index (χ4n) is 2.22. The van der Waals surface area contributed by atoms with Gasteiger partial charge in [-0.05, 0) is 41.4 Å². The van der Waals surface area contributed by atoms with Crippen molar-refractivity contribution in [3.05, 3.63) is 59.1 Å². The number of aromatic nitrogens is 1. The second kappa shape index (κ2) is 7.42. The monoisotopic (exact) mass is 359 g/mol. The van der Waals surface area contributed by atoms with Gasteiger partial charge in [-0.2, -0.15) is 9.47 Å². The van der Waals surface area contributed by atoms with Gasteiger partial charge >= 0.3 is 5.97 Å². The molecule has 2 N–H and O–H groups in total. The summed E-state index contributed by atoms with van der Waals surface area (Å²) in [4.78, 5) is 10.9. The second-order valence-corrected chi connectivity index (χ2v) is 6.34. The van der Waals surface area contributed by atoms with Gasteiger partial charge in [-0.3, -0.25) is 10.2 Å². The highest BCUT2D eigenvalue weighted by atomic mass is 35.5. The van der Waals surface area contributed by atoms with Crippen molar-refractivity contribution in [2.75, 3.05) is 5.43 Å². The van der Waals surface area contributed by atoms with E-state index >= 15 is 0 Å². The molecule has 0 aliphatic heterocycles. The predicted molar refractivity (Wildman–Crippen MR) is 98.1 cm³/mol. The average Bonchev–Trinajstić information content (AvgIpc) is 2.99. The highest BCUT2D eigenvalue weighted by Crippen LogP contribution is 2.26. The summed E-state index contributed by atoms with van der Waals surface area (Å²) in [7, 11) is 0. The lowest BCUT2D eigenvalue weighted by Gasteiger charge is -2.06. The molecular formula is C17H14ClN3O2S. The van der Waals surface area contributed by atoms with Crippen molar-refractivity contribution >= 4 is 50.7 Å². The summed E-state index contributed by atoms with van der Waals surface area (Å²) in [6.45, 7) is 0. The molecule has 0 fully saturated rings. The first-order valence-corrected chi connectivity index (χ1v) is 8.43. The number of hydrogen-bond acceptors (Lipinski definition) is 5. The fourth-order valence-corrected chi connectivity index (χ4v) is 3.08. The molecule has 3 rings (SSSR count). The summed E-state index contributed by atoms with van der Waals surface area (Å²) in [5.41, 5.74) is 4.44. The summed E-state index contributed by atoms with van der Waals surface area (Å²) < 4.78 is 5.42. The van der Waals surface area contributed by atoms with Crippen LogP contribution in [0.25, 0.3) is 10.1 Å². The van der Waals surface area contributed by atoms with E-state index in [1.165, 1.54) is 11.5 Å². The molecule has 0 radical (unpaired) electrons. The van der Waals surface area contributed by atoms with Gasteiger partial charge in [0.05, 0.1) is 16.8 Å². The number of nitrogens with one attached hydrogen (secondary N) is 1. The van der Waals surface area contributed by atoms with E-state index in [1.54, 1.807) is 12.1 Å². The first-order valence-electron chi connectivity index (χ1n) is 7.28. The van der Waals surface area contributed by atoms with Crippen LogP contribution in [0.1, 0.15) is 18.4 Å². The van der Waals surface area contributed by atoms with E-state index in [0.29, 0.717) is 23.0 Å². The number of halogens is 1. The maximum absolute atomic E-state index is 10.9. The molecule has 0 bridgehead atoms. The van der Waals surface area contributed by atoms with E-state index in [-0.39, 0.29) is 6.42 Å². The van der Waals surface area contributed by atoms with E-state index < -0.39 is 5.97 Å². The van der Waals surface area contributed by atoms with Gasteiger partial charge in [0.2, 0.25) is 0 Å². The third-order valence-electron chi connectivity index (χ3n) is 3.43. The van der Waals surface area contributed by atoms with E-state index in [9.17, 15) is 4.79 Å². The van der Waals surface area contributed by atoms with Crippen LogP contribution in [0.2, 0.25) is 5.02 Å². The minimum Gasteiger partial charge on any atom is -0.481 e. The van der Waals surface area contributed by atoms with Crippen LogP contribution in [0.5, 0.6) is 0 Å². The molecule has 0 saturated carbocycles. The van der Waals surface area contributed by atoms with Gasteiger partial charge < -0.3 is 5.11 Å². The van der Waals surface area contributed by atoms with Crippen LogP contribution in [-0.4, -0.2) is 21.2 Å².